The monoisotopic (exact) mass is 331 g/mol. The van der Waals surface area contributed by atoms with Crippen molar-refractivity contribution in [3.05, 3.63) is 65.5 Å². The van der Waals surface area contributed by atoms with Crippen LogP contribution in [0.1, 0.15) is 34.8 Å². The highest BCUT2D eigenvalue weighted by Crippen LogP contribution is 2.33. The normalized spacial score (nSPS) is 18.9. The van der Waals surface area contributed by atoms with Crippen LogP contribution in [-0.2, 0) is 10.8 Å². The summed E-state index contributed by atoms with van der Waals surface area (Å²) in [4.78, 5) is 15.3. The van der Waals surface area contributed by atoms with E-state index < -0.39 is 10.8 Å². The molecule has 0 aromatic heterocycles. The van der Waals surface area contributed by atoms with Crippen LogP contribution in [0.3, 0.4) is 0 Å². The Morgan fingerprint density at radius 3 is 2.39 bits per heavy atom. The van der Waals surface area contributed by atoms with Gasteiger partial charge < -0.3 is 4.90 Å². The molecule has 2 aromatic carbocycles. The number of amides is 1. The third-order valence-corrected chi connectivity index (χ3v) is 5.14. The van der Waals surface area contributed by atoms with Gasteiger partial charge in [0, 0.05) is 34.1 Å². The fourth-order valence-electron chi connectivity index (χ4n) is 3.00. The second-order valence-corrected chi connectivity index (χ2v) is 7.07. The van der Waals surface area contributed by atoms with Crippen LogP contribution in [0.2, 0.25) is 0 Å². The molecule has 0 spiro atoms. The Bertz CT molecular complexity index is 728. The first kappa shape index (κ1) is 15.9. The highest BCUT2D eigenvalue weighted by Gasteiger charge is 2.30. The Morgan fingerprint density at radius 2 is 1.78 bits per heavy atom. The zero-order chi connectivity index (χ0) is 16.4. The summed E-state index contributed by atoms with van der Waals surface area (Å²) in [6, 6.07) is 13.2. The molecule has 1 heterocycles. The number of hydrogen-bond acceptors (Lipinski definition) is 2. The van der Waals surface area contributed by atoms with Gasteiger partial charge in [-0.1, -0.05) is 12.1 Å². The molecule has 2 aromatic rings. The molecular weight excluding hydrogens is 313 g/mol. The minimum atomic E-state index is -1.05. The molecule has 1 aliphatic rings. The first-order chi connectivity index (χ1) is 11.1. The van der Waals surface area contributed by atoms with Crippen molar-refractivity contribution in [2.45, 2.75) is 23.8 Å². The van der Waals surface area contributed by atoms with Gasteiger partial charge >= 0.3 is 0 Å². The molecule has 0 N–H and O–H groups in total. The fourth-order valence-corrected chi connectivity index (χ4v) is 3.52. The lowest BCUT2D eigenvalue weighted by Gasteiger charge is -2.25. The molecular formula is C18H18FNO2S. The van der Waals surface area contributed by atoms with Gasteiger partial charge in [0.2, 0.25) is 0 Å². The van der Waals surface area contributed by atoms with Crippen molar-refractivity contribution in [1.82, 2.24) is 4.90 Å². The summed E-state index contributed by atoms with van der Waals surface area (Å²) in [6.45, 7) is 0.697. The molecule has 3 rings (SSSR count). The van der Waals surface area contributed by atoms with Crippen LogP contribution in [-0.4, -0.2) is 27.8 Å². The maximum atomic E-state index is 13.1. The van der Waals surface area contributed by atoms with Gasteiger partial charge in [-0.15, -0.1) is 0 Å². The maximum absolute atomic E-state index is 13.1. The molecule has 0 saturated carbocycles. The lowest BCUT2D eigenvalue weighted by atomic mass is 10.0. The summed E-state index contributed by atoms with van der Waals surface area (Å²) < 4.78 is 24.5. The van der Waals surface area contributed by atoms with Gasteiger partial charge in [-0.25, -0.2) is 4.39 Å². The predicted molar refractivity (Wildman–Crippen MR) is 88.2 cm³/mol. The van der Waals surface area contributed by atoms with E-state index in [1.807, 2.05) is 4.90 Å². The first-order valence-electron chi connectivity index (χ1n) is 7.56. The summed E-state index contributed by atoms with van der Waals surface area (Å²) >= 11 is 0. The minimum Gasteiger partial charge on any atom is -0.332 e. The molecule has 23 heavy (non-hydrogen) atoms. The number of benzene rings is 2. The Labute approximate surface area is 137 Å². The molecule has 1 aliphatic heterocycles. The highest BCUT2D eigenvalue weighted by molar-refractivity contribution is 7.84. The van der Waals surface area contributed by atoms with Crippen molar-refractivity contribution in [3.8, 4) is 0 Å². The third-order valence-electron chi connectivity index (χ3n) is 4.20. The summed E-state index contributed by atoms with van der Waals surface area (Å²) in [6.07, 6.45) is 3.43. The van der Waals surface area contributed by atoms with Crippen LogP contribution in [0.25, 0.3) is 0 Å². The Kier molecular flexibility index (Phi) is 4.57. The topological polar surface area (TPSA) is 37.4 Å². The second-order valence-electron chi connectivity index (χ2n) is 5.69. The van der Waals surface area contributed by atoms with Crippen LogP contribution in [0, 0.1) is 5.82 Å². The van der Waals surface area contributed by atoms with Gasteiger partial charge in [0.25, 0.3) is 5.91 Å². The lowest BCUT2D eigenvalue weighted by molar-refractivity contribution is 0.0735. The zero-order valence-electron chi connectivity index (χ0n) is 12.9. The Hall–Kier alpha value is -2.01. The van der Waals surface area contributed by atoms with Crippen molar-refractivity contribution in [2.75, 3.05) is 12.8 Å². The second kappa shape index (κ2) is 6.62. The highest BCUT2D eigenvalue weighted by atomic mass is 32.2. The van der Waals surface area contributed by atoms with Crippen LogP contribution in [0.4, 0.5) is 4.39 Å². The van der Waals surface area contributed by atoms with E-state index in [-0.39, 0.29) is 17.8 Å². The SMILES string of the molecule is CS(=O)c1ccc(C(=O)N2CCCC2c2ccc(F)cc2)cc1. The number of carbonyl (C=O) groups is 1. The van der Waals surface area contributed by atoms with E-state index in [0.717, 1.165) is 18.4 Å². The van der Waals surface area contributed by atoms with Crippen LogP contribution in [0.5, 0.6) is 0 Å². The van der Waals surface area contributed by atoms with Crippen LogP contribution >= 0.6 is 0 Å². The average Bonchev–Trinajstić information content (AvgIpc) is 3.04. The van der Waals surface area contributed by atoms with Crippen molar-refractivity contribution in [1.29, 1.82) is 0 Å². The molecule has 1 saturated heterocycles. The quantitative estimate of drug-likeness (QED) is 0.863. The van der Waals surface area contributed by atoms with E-state index in [0.29, 0.717) is 17.0 Å². The van der Waals surface area contributed by atoms with Gasteiger partial charge in [-0.2, -0.15) is 0 Å². The smallest absolute Gasteiger partial charge is 0.254 e. The largest absolute Gasteiger partial charge is 0.332 e. The maximum Gasteiger partial charge on any atom is 0.254 e. The van der Waals surface area contributed by atoms with Crippen LogP contribution < -0.4 is 0 Å². The molecule has 1 amide bonds. The molecule has 0 radical (unpaired) electrons. The van der Waals surface area contributed by atoms with Crippen molar-refractivity contribution in [2.24, 2.45) is 0 Å². The predicted octanol–water partition coefficient (Wildman–Crippen LogP) is 3.54. The lowest BCUT2D eigenvalue weighted by Crippen LogP contribution is -2.30. The van der Waals surface area contributed by atoms with E-state index in [9.17, 15) is 13.4 Å². The third kappa shape index (κ3) is 3.34. The number of rotatable bonds is 3. The molecule has 0 aliphatic carbocycles. The number of carbonyl (C=O) groups excluding carboxylic acids is 1. The molecule has 1 fully saturated rings. The first-order valence-corrected chi connectivity index (χ1v) is 9.12. The van der Waals surface area contributed by atoms with Gasteiger partial charge in [0.1, 0.15) is 5.82 Å². The summed E-state index contributed by atoms with van der Waals surface area (Å²) in [5.74, 6) is -0.307. The molecule has 5 heteroatoms. The van der Waals surface area contributed by atoms with Crippen LogP contribution in [0.15, 0.2) is 53.4 Å². The number of nitrogens with zero attached hydrogens (tertiary/aromatic N) is 1. The molecule has 120 valence electrons. The van der Waals surface area contributed by atoms with E-state index in [2.05, 4.69) is 0 Å². The zero-order valence-corrected chi connectivity index (χ0v) is 13.7. The number of halogens is 1. The molecule has 2 unspecified atom stereocenters. The minimum absolute atomic E-state index is 0.0110. The molecule has 0 bridgehead atoms. The fraction of sp³-hybridized carbons (Fsp3) is 0.278. The van der Waals surface area contributed by atoms with Gasteiger partial charge in [-0.05, 0) is 54.8 Å². The van der Waals surface area contributed by atoms with Crippen molar-refractivity contribution >= 4 is 16.7 Å². The summed E-state index contributed by atoms with van der Waals surface area (Å²) in [5.41, 5.74) is 1.55. The van der Waals surface area contributed by atoms with Crippen molar-refractivity contribution in [3.63, 3.8) is 0 Å². The van der Waals surface area contributed by atoms with Gasteiger partial charge in [0.15, 0.2) is 0 Å². The van der Waals surface area contributed by atoms with E-state index in [1.54, 1.807) is 42.7 Å². The van der Waals surface area contributed by atoms with Gasteiger partial charge in [-0.3, -0.25) is 9.00 Å². The van der Waals surface area contributed by atoms with E-state index in [1.165, 1.54) is 12.1 Å². The van der Waals surface area contributed by atoms with E-state index >= 15 is 0 Å². The van der Waals surface area contributed by atoms with Crippen molar-refractivity contribution < 1.29 is 13.4 Å². The Morgan fingerprint density at radius 1 is 1.13 bits per heavy atom. The summed E-state index contributed by atoms with van der Waals surface area (Å²) in [5, 5.41) is 0. The number of hydrogen-bond donors (Lipinski definition) is 0. The molecule has 3 nitrogen and oxygen atoms in total. The Balaban J connectivity index is 1.82. The summed E-state index contributed by atoms with van der Waals surface area (Å²) in [7, 11) is -1.05. The standard InChI is InChI=1S/C18H18FNO2S/c1-23(22)16-10-6-14(7-11-16)18(21)20-12-2-3-17(20)13-4-8-15(19)9-5-13/h4-11,17H,2-3,12H2,1H3. The molecule has 2 atom stereocenters. The average molecular weight is 331 g/mol. The van der Waals surface area contributed by atoms with E-state index in [4.69, 9.17) is 0 Å². The number of likely N-dealkylation sites (tertiary alicyclic amines) is 1. The van der Waals surface area contributed by atoms with Gasteiger partial charge in [0.05, 0.1) is 6.04 Å².